The first-order chi connectivity index (χ1) is 15.1. The third-order valence-electron chi connectivity index (χ3n) is 7.08. The van der Waals surface area contributed by atoms with Gasteiger partial charge in [0.1, 0.15) is 24.3 Å². The van der Waals surface area contributed by atoms with E-state index < -0.39 is 46.1 Å². The van der Waals surface area contributed by atoms with Gasteiger partial charge in [0, 0.05) is 17.0 Å². The van der Waals surface area contributed by atoms with Crippen LogP contribution >= 0.6 is 0 Å². The van der Waals surface area contributed by atoms with Gasteiger partial charge in [0.25, 0.3) is 5.92 Å². The van der Waals surface area contributed by atoms with Crippen LogP contribution in [0.1, 0.15) is 36.0 Å². The number of hydrogen-bond acceptors (Lipinski definition) is 4. The van der Waals surface area contributed by atoms with Crippen molar-refractivity contribution in [3.05, 3.63) is 83.4 Å². The van der Waals surface area contributed by atoms with Crippen molar-refractivity contribution < 1.29 is 22.7 Å². The minimum absolute atomic E-state index is 0.112. The van der Waals surface area contributed by atoms with Gasteiger partial charge in [0.15, 0.2) is 5.60 Å². The number of benzene rings is 2. The molecule has 0 saturated heterocycles. The van der Waals surface area contributed by atoms with Crippen LogP contribution in [0.3, 0.4) is 0 Å². The molecule has 164 valence electrons. The van der Waals surface area contributed by atoms with Crippen molar-refractivity contribution in [1.82, 2.24) is 14.8 Å². The van der Waals surface area contributed by atoms with E-state index >= 15 is 8.78 Å². The van der Waals surface area contributed by atoms with E-state index in [1.54, 1.807) is 24.3 Å². The first-order valence-electron chi connectivity index (χ1n) is 10.0. The Labute approximate surface area is 180 Å². The molecule has 1 heterocycles. The molecule has 5 nitrogen and oxygen atoms in total. The van der Waals surface area contributed by atoms with Crippen LogP contribution in [0.25, 0.3) is 0 Å². The lowest BCUT2D eigenvalue weighted by Gasteiger charge is -2.74. The second kappa shape index (κ2) is 6.62. The van der Waals surface area contributed by atoms with Crippen molar-refractivity contribution in [3.8, 4) is 6.07 Å². The standard InChI is InChI=1S/C23H18F4N4O/c24-17-5-6-18(19(25)7-17)22(32,12-31-14-29-13-30-31)23(26,27)21-9-20(10-21,11-21)16-3-1-15(8-28)2-4-16/h1-7,13-14,32H,9-12H2. The molecule has 3 aliphatic rings. The number of nitrogens with zero attached hydrogens (tertiary/aromatic N) is 4. The molecule has 0 radical (unpaired) electrons. The average molecular weight is 442 g/mol. The number of rotatable bonds is 6. The SMILES string of the molecule is N#Cc1ccc(C23CC(C(F)(F)C(O)(Cn4cncn4)c4ccc(F)cc4F)(C2)C3)cc1. The molecule has 9 heteroatoms. The van der Waals surface area contributed by atoms with Crippen LogP contribution in [-0.2, 0) is 17.6 Å². The molecule has 2 bridgehead atoms. The fourth-order valence-corrected chi connectivity index (χ4v) is 5.49. The molecule has 3 saturated carbocycles. The van der Waals surface area contributed by atoms with Gasteiger partial charge in [-0.3, -0.25) is 0 Å². The number of alkyl halides is 2. The summed E-state index contributed by atoms with van der Waals surface area (Å²) in [5, 5.41) is 24.1. The zero-order valence-electron chi connectivity index (χ0n) is 16.8. The molecular weight excluding hydrogens is 424 g/mol. The maximum absolute atomic E-state index is 16.1. The van der Waals surface area contributed by atoms with Crippen molar-refractivity contribution >= 4 is 0 Å². The van der Waals surface area contributed by atoms with Crippen LogP contribution in [0.4, 0.5) is 17.6 Å². The van der Waals surface area contributed by atoms with E-state index in [-0.39, 0.29) is 19.3 Å². The third kappa shape index (κ3) is 2.65. The zero-order valence-corrected chi connectivity index (χ0v) is 16.8. The highest BCUT2D eigenvalue weighted by Gasteiger charge is 2.82. The Morgan fingerprint density at radius 2 is 1.78 bits per heavy atom. The van der Waals surface area contributed by atoms with Gasteiger partial charge >= 0.3 is 0 Å². The van der Waals surface area contributed by atoms with Gasteiger partial charge in [0.05, 0.1) is 18.2 Å². The zero-order chi connectivity index (χ0) is 22.8. The van der Waals surface area contributed by atoms with E-state index in [1.807, 2.05) is 6.07 Å². The third-order valence-corrected chi connectivity index (χ3v) is 7.08. The summed E-state index contributed by atoms with van der Waals surface area (Å²) in [6, 6.07) is 11.0. The van der Waals surface area contributed by atoms with Crippen LogP contribution in [0.2, 0.25) is 0 Å². The lowest BCUT2D eigenvalue weighted by Crippen LogP contribution is -2.76. The molecule has 1 aromatic heterocycles. The second-order valence-corrected chi connectivity index (χ2v) is 8.93. The predicted molar refractivity (Wildman–Crippen MR) is 104 cm³/mol. The molecule has 1 N–H and O–H groups in total. The molecule has 1 atom stereocenters. The summed E-state index contributed by atoms with van der Waals surface area (Å²) in [6.45, 7) is -0.742. The Balaban J connectivity index is 1.50. The Morgan fingerprint density at radius 3 is 2.34 bits per heavy atom. The van der Waals surface area contributed by atoms with E-state index in [4.69, 9.17) is 5.26 Å². The van der Waals surface area contributed by atoms with Crippen LogP contribution in [0, 0.1) is 28.4 Å². The van der Waals surface area contributed by atoms with Crippen molar-refractivity contribution in [2.75, 3.05) is 0 Å². The summed E-state index contributed by atoms with van der Waals surface area (Å²) in [7, 11) is 0. The molecule has 32 heavy (non-hydrogen) atoms. The fraction of sp³-hybridized carbons (Fsp3) is 0.348. The van der Waals surface area contributed by atoms with E-state index in [9.17, 15) is 13.9 Å². The van der Waals surface area contributed by atoms with E-state index in [2.05, 4.69) is 10.1 Å². The number of aliphatic hydroxyl groups is 1. The molecule has 2 aromatic carbocycles. The topological polar surface area (TPSA) is 74.7 Å². The Morgan fingerprint density at radius 1 is 1.09 bits per heavy atom. The molecule has 3 aliphatic carbocycles. The van der Waals surface area contributed by atoms with Crippen LogP contribution in [-0.4, -0.2) is 25.8 Å². The Kier molecular flexibility index (Phi) is 4.27. The first kappa shape index (κ1) is 20.6. The first-order valence-corrected chi connectivity index (χ1v) is 10.0. The number of halogens is 4. The van der Waals surface area contributed by atoms with Crippen molar-refractivity contribution in [3.63, 3.8) is 0 Å². The lowest BCUT2D eigenvalue weighted by atomic mass is 9.30. The quantitative estimate of drug-likeness (QED) is 0.584. The van der Waals surface area contributed by atoms with E-state index in [0.717, 1.165) is 35.0 Å². The molecule has 0 spiro atoms. The van der Waals surface area contributed by atoms with Crippen LogP contribution in [0.15, 0.2) is 55.1 Å². The summed E-state index contributed by atoms with van der Waals surface area (Å²) in [6.07, 6.45) is 2.62. The number of nitriles is 1. The maximum atomic E-state index is 16.1. The van der Waals surface area contributed by atoms with Crippen molar-refractivity contribution in [1.29, 1.82) is 5.26 Å². The summed E-state index contributed by atoms with van der Waals surface area (Å²) < 4.78 is 61.3. The normalized spacial score (nSPS) is 25.9. The van der Waals surface area contributed by atoms with Crippen LogP contribution < -0.4 is 0 Å². The van der Waals surface area contributed by atoms with Gasteiger partial charge in [-0.2, -0.15) is 10.4 Å². The summed E-state index contributed by atoms with van der Waals surface area (Å²) in [4.78, 5) is 3.71. The lowest BCUT2D eigenvalue weighted by molar-refractivity contribution is -0.347. The molecule has 0 aliphatic heterocycles. The van der Waals surface area contributed by atoms with Gasteiger partial charge in [-0.1, -0.05) is 12.1 Å². The highest BCUT2D eigenvalue weighted by atomic mass is 19.3. The summed E-state index contributed by atoms with van der Waals surface area (Å²) in [5.41, 5.74) is -4.28. The largest absolute Gasteiger partial charge is 0.377 e. The summed E-state index contributed by atoms with van der Waals surface area (Å²) >= 11 is 0. The second-order valence-electron chi connectivity index (χ2n) is 8.93. The smallest absolute Gasteiger partial charge is 0.287 e. The average Bonchev–Trinajstić information content (AvgIpc) is 3.18. The van der Waals surface area contributed by atoms with Gasteiger partial charge in [0.2, 0.25) is 0 Å². The highest BCUT2D eigenvalue weighted by molar-refractivity contribution is 5.45. The van der Waals surface area contributed by atoms with Crippen LogP contribution in [0.5, 0.6) is 0 Å². The number of hydrogen-bond donors (Lipinski definition) is 1. The molecule has 6 rings (SSSR count). The minimum Gasteiger partial charge on any atom is -0.377 e. The highest BCUT2D eigenvalue weighted by Crippen LogP contribution is 2.80. The Hall–Kier alpha value is -3.25. The van der Waals surface area contributed by atoms with Crippen molar-refractivity contribution in [2.24, 2.45) is 5.41 Å². The van der Waals surface area contributed by atoms with Gasteiger partial charge in [-0.25, -0.2) is 27.2 Å². The molecule has 1 unspecified atom stereocenters. The monoisotopic (exact) mass is 442 g/mol. The van der Waals surface area contributed by atoms with E-state index in [1.165, 1.54) is 0 Å². The van der Waals surface area contributed by atoms with E-state index in [0.29, 0.717) is 11.6 Å². The summed E-state index contributed by atoms with van der Waals surface area (Å²) in [5.74, 6) is -5.91. The number of aromatic nitrogens is 3. The molecule has 3 fully saturated rings. The van der Waals surface area contributed by atoms with Gasteiger partial charge < -0.3 is 5.11 Å². The maximum Gasteiger partial charge on any atom is 0.287 e. The minimum atomic E-state index is -3.74. The predicted octanol–water partition coefficient (Wildman–Crippen LogP) is 4.07. The van der Waals surface area contributed by atoms with Gasteiger partial charge in [-0.05, 0) is 54.5 Å². The Bertz CT molecular complexity index is 1200. The van der Waals surface area contributed by atoms with Crippen molar-refractivity contribution in [2.45, 2.75) is 42.7 Å². The molecular formula is C23H18F4N4O. The van der Waals surface area contributed by atoms with Gasteiger partial charge in [-0.15, -0.1) is 0 Å². The fourth-order valence-electron chi connectivity index (χ4n) is 5.49. The molecule has 0 amide bonds. The molecule has 3 aromatic rings.